The number of hydrogen-bond acceptors (Lipinski definition) is 4. The zero-order valence-corrected chi connectivity index (χ0v) is 18.9. The van der Waals surface area contributed by atoms with E-state index >= 15 is 0 Å². The predicted molar refractivity (Wildman–Crippen MR) is 120 cm³/mol. The van der Waals surface area contributed by atoms with Crippen LogP contribution in [0.1, 0.15) is 58.9 Å². The molecule has 0 radical (unpaired) electrons. The molecule has 4 rings (SSSR count). The SMILES string of the molecule is Cc1cc(C)cc(C(=O)N2CCC[C@@H](C(=O)N[C@@H]3CCC(=O)N[C@H]3c3ccnn3C)C2)c1. The summed E-state index contributed by atoms with van der Waals surface area (Å²) in [6, 6.07) is 7.20. The molecule has 0 aliphatic carbocycles. The second kappa shape index (κ2) is 9.14. The van der Waals surface area contributed by atoms with E-state index in [1.165, 1.54) is 0 Å². The summed E-state index contributed by atoms with van der Waals surface area (Å²) in [6.07, 6.45) is 4.18. The molecule has 170 valence electrons. The van der Waals surface area contributed by atoms with Gasteiger partial charge in [-0.1, -0.05) is 17.2 Å². The van der Waals surface area contributed by atoms with Crippen LogP contribution in [0.25, 0.3) is 0 Å². The van der Waals surface area contributed by atoms with Gasteiger partial charge >= 0.3 is 0 Å². The molecule has 0 saturated carbocycles. The number of aryl methyl sites for hydroxylation is 3. The van der Waals surface area contributed by atoms with E-state index in [0.29, 0.717) is 31.5 Å². The van der Waals surface area contributed by atoms with E-state index in [9.17, 15) is 14.4 Å². The van der Waals surface area contributed by atoms with Crippen LogP contribution in [0.3, 0.4) is 0 Å². The Labute approximate surface area is 188 Å². The number of nitrogens with zero attached hydrogens (tertiary/aromatic N) is 3. The lowest BCUT2D eigenvalue weighted by Crippen LogP contribution is -2.53. The van der Waals surface area contributed by atoms with Crippen LogP contribution in [0.5, 0.6) is 0 Å². The van der Waals surface area contributed by atoms with Crippen LogP contribution in [-0.4, -0.2) is 51.5 Å². The third-order valence-corrected chi connectivity index (χ3v) is 6.45. The smallest absolute Gasteiger partial charge is 0.253 e. The molecule has 2 aromatic rings. The minimum absolute atomic E-state index is 0.0213. The number of carbonyl (C=O) groups excluding carboxylic acids is 3. The van der Waals surface area contributed by atoms with Crippen molar-refractivity contribution in [2.24, 2.45) is 13.0 Å². The first-order valence-corrected chi connectivity index (χ1v) is 11.3. The van der Waals surface area contributed by atoms with Gasteiger partial charge in [0.2, 0.25) is 11.8 Å². The van der Waals surface area contributed by atoms with Crippen molar-refractivity contribution in [1.29, 1.82) is 0 Å². The Bertz CT molecular complexity index is 1010. The van der Waals surface area contributed by atoms with Crippen LogP contribution in [0, 0.1) is 19.8 Å². The predicted octanol–water partition coefficient (Wildman–Crippen LogP) is 2.03. The van der Waals surface area contributed by atoms with Gasteiger partial charge in [0.15, 0.2) is 0 Å². The van der Waals surface area contributed by atoms with Gasteiger partial charge in [-0.3, -0.25) is 19.1 Å². The molecule has 8 nitrogen and oxygen atoms in total. The molecular weight excluding hydrogens is 406 g/mol. The Hall–Kier alpha value is -3.16. The number of amides is 3. The highest BCUT2D eigenvalue weighted by Gasteiger charge is 2.35. The number of rotatable bonds is 4. The van der Waals surface area contributed by atoms with Crippen molar-refractivity contribution in [3.63, 3.8) is 0 Å². The molecule has 1 aromatic heterocycles. The van der Waals surface area contributed by atoms with Gasteiger partial charge in [-0.2, -0.15) is 5.10 Å². The largest absolute Gasteiger partial charge is 0.351 e. The molecule has 32 heavy (non-hydrogen) atoms. The van der Waals surface area contributed by atoms with Gasteiger partial charge < -0.3 is 15.5 Å². The van der Waals surface area contributed by atoms with Crippen LogP contribution in [0.4, 0.5) is 0 Å². The Morgan fingerprint density at radius 1 is 1.16 bits per heavy atom. The van der Waals surface area contributed by atoms with Gasteiger partial charge in [0.1, 0.15) is 0 Å². The lowest BCUT2D eigenvalue weighted by Gasteiger charge is -2.36. The average molecular weight is 438 g/mol. The summed E-state index contributed by atoms with van der Waals surface area (Å²) in [5, 5.41) is 10.4. The van der Waals surface area contributed by atoms with Crippen LogP contribution in [-0.2, 0) is 16.6 Å². The van der Waals surface area contributed by atoms with Crippen molar-refractivity contribution in [3.05, 3.63) is 52.8 Å². The normalized spacial score (nSPS) is 23.5. The Kier molecular flexibility index (Phi) is 6.30. The summed E-state index contributed by atoms with van der Waals surface area (Å²) in [4.78, 5) is 40.1. The van der Waals surface area contributed by atoms with Crippen molar-refractivity contribution in [3.8, 4) is 0 Å². The van der Waals surface area contributed by atoms with Crippen LogP contribution < -0.4 is 10.6 Å². The summed E-state index contributed by atoms with van der Waals surface area (Å²) in [6.45, 7) is 5.04. The Morgan fingerprint density at radius 3 is 2.59 bits per heavy atom. The summed E-state index contributed by atoms with van der Waals surface area (Å²) in [7, 11) is 1.83. The van der Waals surface area contributed by atoms with E-state index in [2.05, 4.69) is 15.7 Å². The molecule has 2 fully saturated rings. The van der Waals surface area contributed by atoms with Crippen molar-refractivity contribution in [2.75, 3.05) is 13.1 Å². The minimum atomic E-state index is -0.315. The molecule has 2 aliphatic rings. The maximum Gasteiger partial charge on any atom is 0.253 e. The molecule has 2 aliphatic heterocycles. The highest BCUT2D eigenvalue weighted by atomic mass is 16.2. The van der Waals surface area contributed by atoms with Gasteiger partial charge in [-0.25, -0.2) is 0 Å². The first-order chi connectivity index (χ1) is 15.3. The Balaban J connectivity index is 1.44. The van der Waals surface area contributed by atoms with Gasteiger partial charge in [-0.15, -0.1) is 0 Å². The standard InChI is InChI=1S/C24H31N5O3/c1-15-11-16(2)13-18(12-15)24(32)29-10-4-5-17(14-29)23(31)26-19-6-7-21(30)27-22(19)20-8-9-25-28(20)3/h8-9,11-13,17,19,22H,4-7,10,14H2,1-3H3,(H,26,31)(H,27,30)/t17-,19-,22-/m1/s1. The topological polar surface area (TPSA) is 96.3 Å². The highest BCUT2D eigenvalue weighted by Crippen LogP contribution is 2.26. The summed E-state index contributed by atoms with van der Waals surface area (Å²) >= 11 is 0. The number of piperidine rings is 2. The molecule has 3 amide bonds. The van der Waals surface area contributed by atoms with Crippen molar-refractivity contribution >= 4 is 17.7 Å². The van der Waals surface area contributed by atoms with E-state index in [1.54, 1.807) is 15.8 Å². The molecule has 3 heterocycles. The molecule has 2 saturated heterocycles. The van der Waals surface area contributed by atoms with Gasteiger partial charge in [-0.05, 0) is 51.3 Å². The molecule has 0 spiro atoms. The number of hydrogen-bond donors (Lipinski definition) is 2. The van der Waals surface area contributed by atoms with E-state index in [4.69, 9.17) is 0 Å². The monoisotopic (exact) mass is 437 g/mol. The molecule has 0 unspecified atom stereocenters. The first-order valence-electron chi connectivity index (χ1n) is 11.3. The molecule has 1 aromatic carbocycles. The van der Waals surface area contributed by atoms with Crippen LogP contribution >= 0.6 is 0 Å². The molecule has 0 bridgehead atoms. The van der Waals surface area contributed by atoms with E-state index in [1.807, 2.05) is 45.2 Å². The second-order valence-corrected chi connectivity index (χ2v) is 9.05. The minimum Gasteiger partial charge on any atom is -0.351 e. The lowest BCUT2D eigenvalue weighted by molar-refractivity contribution is -0.130. The van der Waals surface area contributed by atoms with Crippen molar-refractivity contribution in [1.82, 2.24) is 25.3 Å². The zero-order valence-electron chi connectivity index (χ0n) is 18.9. The number of likely N-dealkylation sites (tertiary alicyclic amines) is 1. The van der Waals surface area contributed by atoms with Gasteiger partial charge in [0, 0.05) is 38.3 Å². The molecule has 3 atom stereocenters. The first kappa shape index (κ1) is 22.0. The van der Waals surface area contributed by atoms with E-state index < -0.39 is 0 Å². The van der Waals surface area contributed by atoms with Gasteiger partial charge in [0.05, 0.1) is 23.7 Å². The summed E-state index contributed by atoms with van der Waals surface area (Å²) < 4.78 is 1.72. The third-order valence-electron chi connectivity index (χ3n) is 6.45. The number of nitrogens with one attached hydrogen (secondary N) is 2. The number of aromatic nitrogens is 2. The lowest BCUT2D eigenvalue weighted by atomic mass is 9.92. The molecule has 2 N–H and O–H groups in total. The Morgan fingerprint density at radius 2 is 1.91 bits per heavy atom. The van der Waals surface area contributed by atoms with Crippen LogP contribution in [0.15, 0.2) is 30.5 Å². The average Bonchev–Trinajstić information content (AvgIpc) is 3.19. The number of benzene rings is 1. The zero-order chi connectivity index (χ0) is 22.8. The molecular formula is C24H31N5O3. The fraction of sp³-hybridized carbons (Fsp3) is 0.500. The summed E-state index contributed by atoms with van der Waals surface area (Å²) in [5.74, 6) is -0.365. The highest BCUT2D eigenvalue weighted by molar-refractivity contribution is 5.95. The number of carbonyl (C=O) groups is 3. The van der Waals surface area contributed by atoms with Crippen molar-refractivity contribution < 1.29 is 14.4 Å². The summed E-state index contributed by atoms with van der Waals surface area (Å²) in [5.41, 5.74) is 3.65. The quantitative estimate of drug-likeness (QED) is 0.765. The second-order valence-electron chi connectivity index (χ2n) is 9.05. The fourth-order valence-corrected chi connectivity index (χ4v) is 4.88. The van der Waals surface area contributed by atoms with E-state index in [0.717, 1.165) is 29.7 Å². The van der Waals surface area contributed by atoms with Crippen LogP contribution in [0.2, 0.25) is 0 Å². The maximum absolute atomic E-state index is 13.2. The van der Waals surface area contributed by atoms with Crippen molar-refractivity contribution in [2.45, 2.75) is 51.6 Å². The third kappa shape index (κ3) is 4.69. The maximum atomic E-state index is 13.2. The van der Waals surface area contributed by atoms with Gasteiger partial charge in [0.25, 0.3) is 5.91 Å². The molecule has 8 heteroatoms. The fourth-order valence-electron chi connectivity index (χ4n) is 4.88. The van der Waals surface area contributed by atoms with E-state index in [-0.39, 0.29) is 35.7 Å².